The van der Waals surface area contributed by atoms with Gasteiger partial charge in [-0.2, -0.15) is 0 Å². The van der Waals surface area contributed by atoms with Crippen LogP contribution in [0.2, 0.25) is 10.0 Å². The van der Waals surface area contributed by atoms with E-state index in [4.69, 9.17) is 23.2 Å². The number of halogens is 2. The summed E-state index contributed by atoms with van der Waals surface area (Å²) in [6, 6.07) is 4.67. The van der Waals surface area contributed by atoms with Crippen molar-refractivity contribution in [2.45, 2.75) is 26.2 Å². The van der Waals surface area contributed by atoms with Gasteiger partial charge in [0.1, 0.15) is 5.69 Å². The van der Waals surface area contributed by atoms with Crippen LogP contribution in [0.1, 0.15) is 45.8 Å². The number of nitrogens with zero attached hydrogens (tertiary/aromatic N) is 1. The number of hydrogen-bond donors (Lipinski definition) is 3. The maximum atomic E-state index is 12.6. The smallest absolute Gasteiger partial charge is 0.335 e. The third-order valence-electron chi connectivity index (χ3n) is 4.47. The molecule has 0 atom stereocenters. The predicted octanol–water partition coefficient (Wildman–Crippen LogP) is 4.57. The number of anilines is 2. The Morgan fingerprint density at radius 3 is 2.42 bits per heavy atom. The van der Waals surface area contributed by atoms with Gasteiger partial charge in [-0.25, -0.2) is 4.79 Å². The molecule has 3 rings (SSSR count). The van der Waals surface area contributed by atoms with Crippen molar-refractivity contribution in [2.75, 3.05) is 23.3 Å². The lowest BCUT2D eigenvalue weighted by atomic mass is 10.1. The van der Waals surface area contributed by atoms with Crippen LogP contribution in [0.3, 0.4) is 0 Å². The van der Waals surface area contributed by atoms with Crippen LogP contribution in [0.15, 0.2) is 18.2 Å². The van der Waals surface area contributed by atoms with Gasteiger partial charge < -0.3 is 20.3 Å². The van der Waals surface area contributed by atoms with Crippen LogP contribution in [0.5, 0.6) is 0 Å². The van der Waals surface area contributed by atoms with Crippen molar-refractivity contribution in [1.29, 1.82) is 0 Å². The van der Waals surface area contributed by atoms with Crippen LogP contribution < -0.4 is 10.2 Å². The predicted molar refractivity (Wildman–Crippen MR) is 103 cm³/mol. The topological polar surface area (TPSA) is 85.4 Å². The standard InChI is InChI=1S/C18H19Cl2N3O3/c1-10-14(19)15(20)16(21-10)17(24)22-12-6-5-11(18(25)26)9-13(12)23-7-3-2-4-8-23/h5-6,9,21H,2-4,7-8H2,1H3,(H,22,24)(H,25,26). The minimum absolute atomic E-state index is 0.170. The lowest BCUT2D eigenvalue weighted by Crippen LogP contribution is -2.30. The van der Waals surface area contributed by atoms with E-state index in [2.05, 4.69) is 15.2 Å². The number of amides is 1. The van der Waals surface area contributed by atoms with Gasteiger partial charge in [0.2, 0.25) is 0 Å². The Morgan fingerprint density at radius 1 is 1.15 bits per heavy atom. The van der Waals surface area contributed by atoms with Crippen LogP contribution in [-0.4, -0.2) is 35.1 Å². The van der Waals surface area contributed by atoms with E-state index in [-0.39, 0.29) is 16.3 Å². The van der Waals surface area contributed by atoms with Crippen LogP contribution in [0, 0.1) is 6.92 Å². The van der Waals surface area contributed by atoms with E-state index in [1.807, 2.05) is 0 Å². The Bertz CT molecular complexity index is 858. The Balaban J connectivity index is 1.94. The van der Waals surface area contributed by atoms with Gasteiger partial charge in [-0.3, -0.25) is 4.79 Å². The fourth-order valence-corrected chi connectivity index (χ4v) is 3.50. The van der Waals surface area contributed by atoms with E-state index in [9.17, 15) is 14.7 Å². The summed E-state index contributed by atoms with van der Waals surface area (Å²) in [4.78, 5) is 28.9. The molecule has 1 saturated heterocycles. The van der Waals surface area contributed by atoms with E-state index >= 15 is 0 Å². The zero-order chi connectivity index (χ0) is 18.8. The van der Waals surface area contributed by atoms with Gasteiger partial charge in [-0.15, -0.1) is 0 Å². The highest BCUT2D eigenvalue weighted by Crippen LogP contribution is 2.33. The van der Waals surface area contributed by atoms with Crippen LogP contribution in [-0.2, 0) is 0 Å². The molecular formula is C18H19Cl2N3O3. The number of carbonyl (C=O) groups excluding carboxylic acids is 1. The highest BCUT2D eigenvalue weighted by atomic mass is 35.5. The highest BCUT2D eigenvalue weighted by molar-refractivity contribution is 6.44. The first-order valence-electron chi connectivity index (χ1n) is 8.35. The molecule has 1 aliphatic rings. The number of carboxylic acid groups (broad SMARTS) is 1. The molecule has 0 saturated carbocycles. The van der Waals surface area contributed by atoms with Crippen molar-refractivity contribution >= 4 is 46.5 Å². The lowest BCUT2D eigenvalue weighted by Gasteiger charge is -2.30. The van der Waals surface area contributed by atoms with Crippen LogP contribution in [0.4, 0.5) is 11.4 Å². The van der Waals surface area contributed by atoms with Crippen molar-refractivity contribution in [2.24, 2.45) is 0 Å². The van der Waals surface area contributed by atoms with Gasteiger partial charge in [0.05, 0.1) is 27.0 Å². The van der Waals surface area contributed by atoms with E-state index in [1.165, 1.54) is 6.07 Å². The van der Waals surface area contributed by atoms with Gasteiger partial charge in [0, 0.05) is 18.8 Å². The van der Waals surface area contributed by atoms with Crippen LogP contribution in [0.25, 0.3) is 0 Å². The zero-order valence-electron chi connectivity index (χ0n) is 14.2. The van der Waals surface area contributed by atoms with Crippen LogP contribution >= 0.6 is 23.2 Å². The van der Waals surface area contributed by atoms with Gasteiger partial charge in [0.15, 0.2) is 0 Å². The summed E-state index contributed by atoms with van der Waals surface area (Å²) in [7, 11) is 0. The Labute approximate surface area is 161 Å². The first kappa shape index (κ1) is 18.6. The third kappa shape index (κ3) is 3.66. The number of H-pyrrole nitrogens is 1. The van der Waals surface area contributed by atoms with Gasteiger partial charge >= 0.3 is 5.97 Å². The van der Waals surface area contributed by atoms with Crippen molar-refractivity contribution < 1.29 is 14.7 Å². The molecule has 0 bridgehead atoms. The summed E-state index contributed by atoms with van der Waals surface area (Å²) in [6.45, 7) is 3.37. The fraction of sp³-hybridized carbons (Fsp3) is 0.333. The number of rotatable bonds is 4. The largest absolute Gasteiger partial charge is 0.478 e. The molecule has 0 unspecified atom stereocenters. The maximum Gasteiger partial charge on any atom is 0.335 e. The number of carbonyl (C=O) groups is 2. The van der Waals surface area contributed by atoms with Gasteiger partial charge in [-0.05, 0) is 44.4 Å². The second-order valence-corrected chi connectivity index (χ2v) is 7.05. The molecule has 2 heterocycles. The second-order valence-electron chi connectivity index (χ2n) is 6.29. The quantitative estimate of drug-likeness (QED) is 0.707. The second kappa shape index (κ2) is 7.60. The monoisotopic (exact) mass is 395 g/mol. The van der Waals surface area contributed by atoms with Crippen molar-refractivity contribution in [3.05, 3.63) is 45.2 Å². The number of hydrogen-bond acceptors (Lipinski definition) is 3. The summed E-state index contributed by atoms with van der Waals surface area (Å²) in [5, 5.41) is 12.6. The molecule has 8 heteroatoms. The molecule has 1 amide bonds. The summed E-state index contributed by atoms with van der Waals surface area (Å²) in [6.07, 6.45) is 3.20. The number of aromatic nitrogens is 1. The third-order valence-corrected chi connectivity index (χ3v) is 5.42. The number of nitrogens with one attached hydrogen (secondary N) is 2. The maximum absolute atomic E-state index is 12.6. The Morgan fingerprint density at radius 2 is 1.85 bits per heavy atom. The lowest BCUT2D eigenvalue weighted by molar-refractivity contribution is 0.0696. The minimum atomic E-state index is -1.00. The number of carboxylic acids is 1. The number of benzene rings is 1. The van der Waals surface area contributed by atoms with Crippen molar-refractivity contribution in [1.82, 2.24) is 4.98 Å². The normalized spacial score (nSPS) is 14.3. The van der Waals surface area contributed by atoms with Gasteiger partial charge in [-0.1, -0.05) is 23.2 Å². The molecule has 1 aromatic heterocycles. The molecule has 2 aromatic rings. The highest BCUT2D eigenvalue weighted by Gasteiger charge is 2.22. The summed E-state index contributed by atoms with van der Waals surface area (Å²) in [5.41, 5.74) is 2.21. The Kier molecular flexibility index (Phi) is 5.44. The summed E-state index contributed by atoms with van der Waals surface area (Å²) >= 11 is 12.2. The molecule has 138 valence electrons. The minimum Gasteiger partial charge on any atom is -0.478 e. The van der Waals surface area contributed by atoms with Gasteiger partial charge in [0.25, 0.3) is 5.91 Å². The molecule has 26 heavy (non-hydrogen) atoms. The average molecular weight is 396 g/mol. The molecule has 1 aromatic carbocycles. The van der Waals surface area contributed by atoms with Crippen molar-refractivity contribution in [3.63, 3.8) is 0 Å². The Hall–Kier alpha value is -2.18. The molecule has 0 aliphatic carbocycles. The number of aromatic carboxylic acids is 1. The molecule has 0 spiro atoms. The number of aromatic amines is 1. The SMILES string of the molecule is Cc1[nH]c(C(=O)Nc2ccc(C(=O)O)cc2N2CCCCC2)c(Cl)c1Cl. The first-order chi connectivity index (χ1) is 12.4. The van der Waals surface area contributed by atoms with E-state index in [0.717, 1.165) is 32.4 Å². The molecule has 3 N–H and O–H groups in total. The molecular weight excluding hydrogens is 377 g/mol. The summed E-state index contributed by atoms with van der Waals surface area (Å²) < 4.78 is 0. The first-order valence-corrected chi connectivity index (χ1v) is 9.11. The fourth-order valence-electron chi connectivity index (χ4n) is 3.08. The van der Waals surface area contributed by atoms with E-state index in [1.54, 1.807) is 19.1 Å². The summed E-state index contributed by atoms with van der Waals surface area (Å²) in [5.74, 6) is -1.43. The molecule has 6 nitrogen and oxygen atoms in total. The number of aryl methyl sites for hydroxylation is 1. The zero-order valence-corrected chi connectivity index (χ0v) is 15.7. The molecule has 1 aliphatic heterocycles. The molecule has 1 fully saturated rings. The van der Waals surface area contributed by atoms with Crippen molar-refractivity contribution in [3.8, 4) is 0 Å². The average Bonchev–Trinajstić information content (AvgIpc) is 2.90. The van der Waals surface area contributed by atoms with E-state index < -0.39 is 11.9 Å². The number of piperidine rings is 1. The van der Waals surface area contributed by atoms with E-state index in [0.29, 0.717) is 22.1 Å². The molecule has 0 radical (unpaired) electrons.